The summed E-state index contributed by atoms with van der Waals surface area (Å²) in [5.41, 5.74) is 7.25. The SMILES string of the molecule is NCC1(c2cccc3c2OCCO3)CC1. The zero-order valence-corrected chi connectivity index (χ0v) is 8.66. The molecule has 0 unspecified atom stereocenters. The fourth-order valence-corrected chi connectivity index (χ4v) is 2.23. The lowest BCUT2D eigenvalue weighted by molar-refractivity contribution is 0.169. The predicted molar refractivity (Wildman–Crippen MR) is 57.4 cm³/mol. The van der Waals surface area contributed by atoms with Crippen LogP contribution in [0.1, 0.15) is 18.4 Å². The van der Waals surface area contributed by atoms with Crippen LogP contribution < -0.4 is 15.2 Å². The summed E-state index contributed by atoms with van der Waals surface area (Å²) in [6.45, 7) is 1.99. The van der Waals surface area contributed by atoms with Crippen molar-refractivity contribution in [3.63, 3.8) is 0 Å². The van der Waals surface area contributed by atoms with Gasteiger partial charge in [-0.15, -0.1) is 0 Å². The largest absolute Gasteiger partial charge is 0.486 e. The van der Waals surface area contributed by atoms with Crippen LogP contribution in [0.2, 0.25) is 0 Å². The Hall–Kier alpha value is -1.22. The fraction of sp³-hybridized carbons (Fsp3) is 0.500. The van der Waals surface area contributed by atoms with Crippen molar-refractivity contribution in [1.82, 2.24) is 0 Å². The van der Waals surface area contributed by atoms with E-state index in [-0.39, 0.29) is 5.41 Å². The molecule has 80 valence electrons. The van der Waals surface area contributed by atoms with Crippen molar-refractivity contribution in [3.05, 3.63) is 23.8 Å². The third-order valence-corrected chi connectivity index (χ3v) is 3.38. The first-order valence-electron chi connectivity index (χ1n) is 5.45. The van der Waals surface area contributed by atoms with Gasteiger partial charge in [-0.3, -0.25) is 0 Å². The molecule has 0 saturated heterocycles. The highest BCUT2D eigenvalue weighted by Gasteiger charge is 2.45. The lowest BCUT2D eigenvalue weighted by Crippen LogP contribution is -2.23. The summed E-state index contributed by atoms with van der Waals surface area (Å²) in [6.07, 6.45) is 2.34. The second-order valence-electron chi connectivity index (χ2n) is 4.31. The van der Waals surface area contributed by atoms with E-state index in [4.69, 9.17) is 15.2 Å². The summed E-state index contributed by atoms with van der Waals surface area (Å²) >= 11 is 0. The number of fused-ring (bicyclic) bond motifs is 1. The molecule has 1 saturated carbocycles. The highest BCUT2D eigenvalue weighted by atomic mass is 16.6. The van der Waals surface area contributed by atoms with Crippen LogP contribution in [0.5, 0.6) is 11.5 Å². The summed E-state index contributed by atoms with van der Waals surface area (Å²) in [6, 6.07) is 6.11. The third kappa shape index (κ3) is 1.30. The normalized spacial score (nSPS) is 21.1. The third-order valence-electron chi connectivity index (χ3n) is 3.38. The quantitative estimate of drug-likeness (QED) is 0.794. The Labute approximate surface area is 89.2 Å². The number of hydrogen-bond acceptors (Lipinski definition) is 3. The first kappa shape index (κ1) is 9.04. The molecule has 1 aromatic rings. The van der Waals surface area contributed by atoms with Crippen molar-refractivity contribution < 1.29 is 9.47 Å². The zero-order valence-electron chi connectivity index (χ0n) is 8.66. The molecule has 2 N–H and O–H groups in total. The van der Waals surface area contributed by atoms with Crippen molar-refractivity contribution in [2.75, 3.05) is 19.8 Å². The lowest BCUT2D eigenvalue weighted by atomic mass is 9.94. The summed E-state index contributed by atoms with van der Waals surface area (Å²) in [4.78, 5) is 0. The van der Waals surface area contributed by atoms with Gasteiger partial charge in [0, 0.05) is 17.5 Å². The minimum atomic E-state index is 0.173. The Morgan fingerprint density at radius 3 is 2.73 bits per heavy atom. The predicted octanol–water partition coefficient (Wildman–Crippen LogP) is 1.45. The number of nitrogens with two attached hydrogens (primary N) is 1. The second kappa shape index (κ2) is 3.14. The van der Waals surface area contributed by atoms with E-state index in [0.717, 1.165) is 11.5 Å². The Balaban J connectivity index is 2.08. The van der Waals surface area contributed by atoms with Gasteiger partial charge in [-0.1, -0.05) is 12.1 Å². The highest BCUT2D eigenvalue weighted by Crippen LogP contribution is 2.52. The second-order valence-corrected chi connectivity index (χ2v) is 4.31. The topological polar surface area (TPSA) is 44.5 Å². The fourth-order valence-electron chi connectivity index (χ4n) is 2.23. The van der Waals surface area contributed by atoms with Gasteiger partial charge in [-0.25, -0.2) is 0 Å². The molecule has 1 aliphatic carbocycles. The number of hydrogen-bond donors (Lipinski definition) is 1. The van der Waals surface area contributed by atoms with E-state index in [1.807, 2.05) is 12.1 Å². The number of para-hydroxylation sites is 1. The summed E-state index contributed by atoms with van der Waals surface area (Å²) in [7, 11) is 0. The standard InChI is InChI=1S/C12H15NO2/c13-8-12(4-5-12)9-2-1-3-10-11(9)15-7-6-14-10/h1-3H,4-8,13H2. The molecule has 0 radical (unpaired) electrons. The van der Waals surface area contributed by atoms with Crippen LogP contribution in [0.3, 0.4) is 0 Å². The molecule has 1 fully saturated rings. The van der Waals surface area contributed by atoms with E-state index in [0.29, 0.717) is 19.8 Å². The molecule has 2 aliphatic rings. The molecule has 1 aliphatic heterocycles. The molecule has 1 aromatic carbocycles. The molecule has 0 bridgehead atoms. The molecule has 1 heterocycles. The number of rotatable bonds is 2. The molecule has 0 aromatic heterocycles. The van der Waals surface area contributed by atoms with E-state index < -0.39 is 0 Å². The van der Waals surface area contributed by atoms with Gasteiger partial charge >= 0.3 is 0 Å². The Morgan fingerprint density at radius 2 is 2.00 bits per heavy atom. The van der Waals surface area contributed by atoms with Crippen LogP contribution in [0.4, 0.5) is 0 Å². The van der Waals surface area contributed by atoms with E-state index >= 15 is 0 Å². The first-order valence-corrected chi connectivity index (χ1v) is 5.45. The van der Waals surface area contributed by atoms with Crippen molar-refractivity contribution in [2.45, 2.75) is 18.3 Å². The van der Waals surface area contributed by atoms with Crippen molar-refractivity contribution in [2.24, 2.45) is 5.73 Å². The van der Waals surface area contributed by atoms with Crippen molar-refractivity contribution in [3.8, 4) is 11.5 Å². The van der Waals surface area contributed by atoms with Crippen LogP contribution in [0.25, 0.3) is 0 Å². The summed E-state index contributed by atoms with van der Waals surface area (Å²) in [5, 5.41) is 0. The molecule has 0 amide bonds. The van der Waals surface area contributed by atoms with Crippen LogP contribution >= 0.6 is 0 Å². The monoisotopic (exact) mass is 205 g/mol. The first-order chi connectivity index (χ1) is 7.36. The van der Waals surface area contributed by atoms with E-state index in [9.17, 15) is 0 Å². The summed E-state index contributed by atoms with van der Waals surface area (Å²) in [5.74, 6) is 1.80. The van der Waals surface area contributed by atoms with Gasteiger partial charge in [0.25, 0.3) is 0 Å². The van der Waals surface area contributed by atoms with E-state index in [1.165, 1.54) is 18.4 Å². The Morgan fingerprint density at radius 1 is 1.20 bits per heavy atom. The maximum Gasteiger partial charge on any atom is 0.165 e. The van der Waals surface area contributed by atoms with Crippen LogP contribution in [-0.2, 0) is 5.41 Å². The average Bonchev–Trinajstić information content (AvgIpc) is 3.09. The van der Waals surface area contributed by atoms with Crippen molar-refractivity contribution in [1.29, 1.82) is 0 Å². The maximum absolute atomic E-state index is 5.84. The minimum absolute atomic E-state index is 0.173. The van der Waals surface area contributed by atoms with Crippen LogP contribution in [-0.4, -0.2) is 19.8 Å². The molecule has 15 heavy (non-hydrogen) atoms. The van der Waals surface area contributed by atoms with Gasteiger partial charge in [0.1, 0.15) is 13.2 Å². The highest BCUT2D eigenvalue weighted by molar-refractivity contribution is 5.53. The average molecular weight is 205 g/mol. The van der Waals surface area contributed by atoms with Gasteiger partial charge in [0.2, 0.25) is 0 Å². The maximum atomic E-state index is 5.84. The van der Waals surface area contributed by atoms with E-state index in [1.54, 1.807) is 0 Å². The molecule has 0 spiro atoms. The van der Waals surface area contributed by atoms with Gasteiger partial charge in [-0.05, 0) is 18.9 Å². The molecular weight excluding hydrogens is 190 g/mol. The smallest absolute Gasteiger partial charge is 0.165 e. The van der Waals surface area contributed by atoms with Crippen LogP contribution in [0, 0.1) is 0 Å². The molecule has 3 nitrogen and oxygen atoms in total. The van der Waals surface area contributed by atoms with Crippen molar-refractivity contribution >= 4 is 0 Å². The van der Waals surface area contributed by atoms with Gasteiger partial charge < -0.3 is 15.2 Å². The van der Waals surface area contributed by atoms with Gasteiger partial charge in [0.05, 0.1) is 0 Å². The minimum Gasteiger partial charge on any atom is -0.486 e. The van der Waals surface area contributed by atoms with Gasteiger partial charge in [-0.2, -0.15) is 0 Å². The lowest BCUT2D eigenvalue weighted by Gasteiger charge is -2.24. The molecule has 3 rings (SSSR count). The Bertz CT molecular complexity index is 385. The molecular formula is C12H15NO2. The molecule has 0 atom stereocenters. The Kier molecular flexibility index (Phi) is 1.89. The zero-order chi connectivity index (χ0) is 10.3. The summed E-state index contributed by atoms with van der Waals surface area (Å²) < 4.78 is 11.3. The number of ether oxygens (including phenoxy) is 2. The van der Waals surface area contributed by atoms with E-state index in [2.05, 4.69) is 6.07 Å². The number of benzene rings is 1. The van der Waals surface area contributed by atoms with Crippen LogP contribution in [0.15, 0.2) is 18.2 Å². The molecule has 3 heteroatoms. The van der Waals surface area contributed by atoms with Gasteiger partial charge in [0.15, 0.2) is 11.5 Å².